The maximum Gasteiger partial charge on any atom is 0.261 e. The molecular formula is C20H31ClN2O2. The van der Waals surface area contributed by atoms with E-state index in [9.17, 15) is 4.79 Å². The molecule has 0 radical (unpaired) electrons. The Morgan fingerprint density at radius 1 is 1.36 bits per heavy atom. The molecule has 140 valence electrons. The molecule has 1 heterocycles. The molecule has 1 saturated heterocycles. The minimum Gasteiger partial charge on any atom is -0.481 e. The molecule has 0 spiro atoms. The van der Waals surface area contributed by atoms with Crippen molar-refractivity contribution < 1.29 is 9.53 Å². The van der Waals surface area contributed by atoms with Gasteiger partial charge in [-0.3, -0.25) is 4.79 Å². The van der Waals surface area contributed by atoms with Gasteiger partial charge in [-0.25, -0.2) is 0 Å². The maximum atomic E-state index is 12.3. The quantitative estimate of drug-likeness (QED) is 0.707. The second kappa shape index (κ2) is 10.0. The molecule has 1 fully saturated rings. The van der Waals surface area contributed by atoms with Crippen LogP contribution in [0, 0.1) is 11.8 Å². The molecule has 1 aliphatic rings. The van der Waals surface area contributed by atoms with Gasteiger partial charge in [0.05, 0.1) is 0 Å². The van der Waals surface area contributed by atoms with Crippen molar-refractivity contribution in [2.24, 2.45) is 11.8 Å². The SMILES string of the molecule is CC[C@H](Oc1cccc(Cl)c1)C(=O)NCCCN1C[C@H](C)C[C@H](C)C1. The molecular weight excluding hydrogens is 336 g/mol. The normalized spacial score (nSPS) is 22.4. The number of rotatable bonds is 8. The monoisotopic (exact) mass is 366 g/mol. The van der Waals surface area contributed by atoms with E-state index in [4.69, 9.17) is 16.3 Å². The average molecular weight is 367 g/mol. The molecule has 0 aromatic heterocycles. The Labute approximate surface area is 156 Å². The number of carbonyl (C=O) groups excluding carboxylic acids is 1. The maximum absolute atomic E-state index is 12.3. The third-order valence-corrected chi connectivity index (χ3v) is 4.87. The summed E-state index contributed by atoms with van der Waals surface area (Å²) in [6, 6.07) is 7.16. The minimum atomic E-state index is -0.478. The summed E-state index contributed by atoms with van der Waals surface area (Å²) >= 11 is 5.96. The van der Waals surface area contributed by atoms with Crippen molar-refractivity contribution in [2.75, 3.05) is 26.2 Å². The fourth-order valence-corrected chi connectivity index (χ4v) is 3.81. The summed E-state index contributed by atoms with van der Waals surface area (Å²) in [5.41, 5.74) is 0. The van der Waals surface area contributed by atoms with E-state index in [2.05, 4.69) is 24.1 Å². The van der Waals surface area contributed by atoms with E-state index in [1.165, 1.54) is 19.5 Å². The predicted octanol–water partition coefficient (Wildman–Crippen LogP) is 3.98. The van der Waals surface area contributed by atoms with Crippen LogP contribution < -0.4 is 10.1 Å². The first-order valence-electron chi connectivity index (χ1n) is 9.40. The number of benzene rings is 1. The van der Waals surface area contributed by atoms with Crippen LogP contribution in [-0.2, 0) is 4.79 Å². The van der Waals surface area contributed by atoms with Gasteiger partial charge in [-0.2, -0.15) is 0 Å². The Hall–Kier alpha value is -1.26. The molecule has 25 heavy (non-hydrogen) atoms. The predicted molar refractivity (Wildman–Crippen MR) is 103 cm³/mol. The fourth-order valence-electron chi connectivity index (χ4n) is 3.63. The Kier molecular flexibility index (Phi) is 8.04. The second-order valence-corrected chi connectivity index (χ2v) is 7.76. The highest BCUT2D eigenvalue weighted by Gasteiger charge is 2.21. The number of amides is 1. The number of nitrogens with zero attached hydrogens (tertiary/aromatic N) is 1. The summed E-state index contributed by atoms with van der Waals surface area (Å²) in [7, 11) is 0. The zero-order valence-electron chi connectivity index (χ0n) is 15.6. The molecule has 0 unspecified atom stereocenters. The Balaban J connectivity index is 1.71. The smallest absolute Gasteiger partial charge is 0.261 e. The van der Waals surface area contributed by atoms with Gasteiger partial charge in [0.25, 0.3) is 5.91 Å². The van der Waals surface area contributed by atoms with Crippen LogP contribution in [0.25, 0.3) is 0 Å². The van der Waals surface area contributed by atoms with E-state index in [1.807, 2.05) is 19.1 Å². The molecule has 1 aliphatic heterocycles. The van der Waals surface area contributed by atoms with E-state index in [1.54, 1.807) is 12.1 Å². The van der Waals surface area contributed by atoms with Gasteiger partial charge in [-0.15, -0.1) is 0 Å². The summed E-state index contributed by atoms with van der Waals surface area (Å²) in [6.07, 6.45) is 2.44. The van der Waals surface area contributed by atoms with Crippen molar-refractivity contribution in [3.05, 3.63) is 29.3 Å². The van der Waals surface area contributed by atoms with Crippen molar-refractivity contribution in [3.8, 4) is 5.75 Å². The van der Waals surface area contributed by atoms with Crippen molar-refractivity contribution in [1.82, 2.24) is 10.2 Å². The molecule has 2 rings (SSSR count). The highest BCUT2D eigenvalue weighted by atomic mass is 35.5. The van der Waals surface area contributed by atoms with Gasteiger partial charge in [0.1, 0.15) is 5.75 Å². The van der Waals surface area contributed by atoms with Gasteiger partial charge in [0.2, 0.25) is 0 Å². The Bertz CT molecular complexity index is 542. The first-order valence-corrected chi connectivity index (χ1v) is 9.78. The van der Waals surface area contributed by atoms with Gasteiger partial charge in [-0.1, -0.05) is 38.4 Å². The number of likely N-dealkylation sites (tertiary alicyclic amines) is 1. The number of hydrogen-bond donors (Lipinski definition) is 1. The van der Waals surface area contributed by atoms with Gasteiger partial charge in [-0.05, 0) is 55.8 Å². The lowest BCUT2D eigenvalue weighted by Gasteiger charge is -2.35. The van der Waals surface area contributed by atoms with E-state index in [0.717, 1.165) is 24.8 Å². The molecule has 4 nitrogen and oxygen atoms in total. The molecule has 0 saturated carbocycles. The zero-order valence-corrected chi connectivity index (χ0v) is 16.4. The third kappa shape index (κ3) is 6.87. The zero-order chi connectivity index (χ0) is 18.2. The van der Waals surface area contributed by atoms with Crippen LogP contribution in [0.4, 0.5) is 0 Å². The number of halogens is 1. The first-order chi connectivity index (χ1) is 12.0. The average Bonchev–Trinajstić information content (AvgIpc) is 2.55. The van der Waals surface area contributed by atoms with Crippen LogP contribution in [0.15, 0.2) is 24.3 Å². The van der Waals surface area contributed by atoms with E-state index in [-0.39, 0.29) is 5.91 Å². The molecule has 5 heteroatoms. The van der Waals surface area contributed by atoms with Crippen molar-refractivity contribution in [1.29, 1.82) is 0 Å². The Morgan fingerprint density at radius 2 is 2.08 bits per heavy atom. The van der Waals surface area contributed by atoms with Crippen molar-refractivity contribution >= 4 is 17.5 Å². The van der Waals surface area contributed by atoms with Crippen LogP contribution >= 0.6 is 11.6 Å². The molecule has 1 N–H and O–H groups in total. The largest absolute Gasteiger partial charge is 0.481 e. The highest BCUT2D eigenvalue weighted by molar-refractivity contribution is 6.30. The van der Waals surface area contributed by atoms with Gasteiger partial charge >= 0.3 is 0 Å². The van der Waals surface area contributed by atoms with Gasteiger partial charge in [0.15, 0.2) is 6.10 Å². The standard InChI is InChI=1S/C20H31ClN2O2/c1-4-19(25-18-8-5-7-17(21)12-18)20(24)22-9-6-10-23-13-15(2)11-16(3)14-23/h5,7-8,12,15-16,19H,4,6,9-11,13-14H2,1-3H3,(H,22,24)/t15-,16+,19-/m0/s1. The lowest BCUT2D eigenvalue weighted by atomic mass is 9.92. The number of ether oxygens (including phenoxy) is 1. The lowest BCUT2D eigenvalue weighted by molar-refractivity contribution is -0.128. The van der Waals surface area contributed by atoms with Gasteiger partial charge in [0, 0.05) is 24.7 Å². The van der Waals surface area contributed by atoms with Crippen LogP contribution in [0.3, 0.4) is 0 Å². The lowest BCUT2D eigenvalue weighted by Crippen LogP contribution is -2.41. The number of carbonyl (C=O) groups is 1. The third-order valence-electron chi connectivity index (χ3n) is 4.63. The van der Waals surface area contributed by atoms with E-state index >= 15 is 0 Å². The van der Waals surface area contributed by atoms with Crippen LogP contribution in [0.2, 0.25) is 5.02 Å². The van der Waals surface area contributed by atoms with Crippen LogP contribution in [0.5, 0.6) is 5.75 Å². The number of nitrogens with one attached hydrogen (secondary N) is 1. The first kappa shape index (κ1) is 20.1. The number of piperidine rings is 1. The molecule has 1 aromatic carbocycles. The minimum absolute atomic E-state index is 0.0529. The topological polar surface area (TPSA) is 41.6 Å². The molecule has 3 atom stereocenters. The summed E-state index contributed by atoms with van der Waals surface area (Å²) < 4.78 is 5.77. The molecule has 1 amide bonds. The van der Waals surface area contributed by atoms with Crippen LogP contribution in [-0.4, -0.2) is 43.1 Å². The second-order valence-electron chi connectivity index (χ2n) is 7.32. The summed E-state index contributed by atoms with van der Waals surface area (Å²) in [5.74, 6) is 2.12. The summed E-state index contributed by atoms with van der Waals surface area (Å²) in [6.45, 7) is 10.7. The van der Waals surface area contributed by atoms with E-state index < -0.39 is 6.10 Å². The van der Waals surface area contributed by atoms with Gasteiger partial charge < -0.3 is 15.0 Å². The van der Waals surface area contributed by atoms with Crippen LogP contribution in [0.1, 0.15) is 40.0 Å². The van der Waals surface area contributed by atoms with Crippen molar-refractivity contribution in [2.45, 2.75) is 46.1 Å². The highest BCUT2D eigenvalue weighted by Crippen LogP contribution is 2.21. The fraction of sp³-hybridized carbons (Fsp3) is 0.650. The molecule has 1 aromatic rings. The molecule has 0 aliphatic carbocycles. The summed E-state index contributed by atoms with van der Waals surface area (Å²) in [4.78, 5) is 14.9. The Morgan fingerprint density at radius 3 is 2.72 bits per heavy atom. The van der Waals surface area contributed by atoms with Crippen molar-refractivity contribution in [3.63, 3.8) is 0 Å². The summed E-state index contributed by atoms with van der Waals surface area (Å²) in [5, 5.41) is 3.62. The van der Waals surface area contributed by atoms with E-state index in [0.29, 0.717) is 23.7 Å². The molecule has 0 bridgehead atoms. The number of hydrogen-bond acceptors (Lipinski definition) is 3.